The number of amides is 1. The number of carbonyl (C=O) groups excluding carboxylic acids is 1. The maximum atomic E-state index is 13.7. The van der Waals surface area contributed by atoms with E-state index >= 15 is 0 Å². The Hall–Kier alpha value is -1.62. The van der Waals surface area contributed by atoms with Crippen LogP contribution < -0.4 is 10.2 Å². The highest BCUT2D eigenvalue weighted by molar-refractivity contribution is 5.91. The summed E-state index contributed by atoms with van der Waals surface area (Å²) in [6, 6.07) is 6.25. The fourth-order valence-corrected chi connectivity index (χ4v) is 2.48. The molecule has 5 heteroatoms. The Bertz CT molecular complexity index is 452. The molecule has 2 unspecified atom stereocenters. The molecule has 0 radical (unpaired) electrons. The maximum absolute atomic E-state index is 13.7. The van der Waals surface area contributed by atoms with E-state index in [2.05, 4.69) is 5.32 Å². The standard InChI is InChI=1S/C12H13FN2O2/c13-8-3-1-2-4-9(8)15-10-5-6-14-7-11(10)17-12(15)16/h1-4,10-11,14H,5-7H2. The van der Waals surface area contributed by atoms with E-state index in [-0.39, 0.29) is 18.0 Å². The van der Waals surface area contributed by atoms with Gasteiger partial charge < -0.3 is 10.1 Å². The Morgan fingerprint density at radius 2 is 2.24 bits per heavy atom. The third-order valence-electron chi connectivity index (χ3n) is 3.28. The van der Waals surface area contributed by atoms with Gasteiger partial charge in [-0.2, -0.15) is 0 Å². The zero-order chi connectivity index (χ0) is 11.8. The van der Waals surface area contributed by atoms with Gasteiger partial charge in [-0.15, -0.1) is 0 Å². The Morgan fingerprint density at radius 3 is 3.06 bits per heavy atom. The number of benzene rings is 1. The van der Waals surface area contributed by atoms with E-state index < -0.39 is 6.09 Å². The van der Waals surface area contributed by atoms with Gasteiger partial charge in [0.2, 0.25) is 0 Å². The molecule has 0 aromatic heterocycles. The van der Waals surface area contributed by atoms with Gasteiger partial charge in [-0.05, 0) is 25.1 Å². The number of nitrogens with zero attached hydrogens (tertiary/aromatic N) is 1. The van der Waals surface area contributed by atoms with Crippen molar-refractivity contribution in [1.29, 1.82) is 0 Å². The maximum Gasteiger partial charge on any atom is 0.415 e. The van der Waals surface area contributed by atoms with Crippen molar-refractivity contribution in [2.75, 3.05) is 18.0 Å². The second kappa shape index (κ2) is 4.00. The third kappa shape index (κ3) is 1.67. The normalized spacial score (nSPS) is 27.8. The fraction of sp³-hybridized carbons (Fsp3) is 0.417. The number of halogens is 1. The summed E-state index contributed by atoms with van der Waals surface area (Å²) in [5, 5.41) is 3.17. The number of fused-ring (bicyclic) bond motifs is 1. The van der Waals surface area contributed by atoms with Gasteiger partial charge in [0.05, 0.1) is 11.7 Å². The smallest absolute Gasteiger partial charge is 0.415 e. The van der Waals surface area contributed by atoms with Crippen LogP contribution in [0.4, 0.5) is 14.9 Å². The number of carbonyl (C=O) groups is 1. The van der Waals surface area contributed by atoms with Crippen LogP contribution in [-0.2, 0) is 4.74 Å². The molecule has 1 N–H and O–H groups in total. The van der Waals surface area contributed by atoms with Crippen molar-refractivity contribution in [2.24, 2.45) is 0 Å². The molecule has 2 aliphatic rings. The average Bonchev–Trinajstić information content (AvgIpc) is 2.66. The second-order valence-electron chi connectivity index (χ2n) is 4.30. The molecule has 90 valence electrons. The number of piperidine rings is 1. The number of rotatable bonds is 1. The highest BCUT2D eigenvalue weighted by Gasteiger charge is 2.44. The lowest BCUT2D eigenvalue weighted by Gasteiger charge is -2.28. The zero-order valence-corrected chi connectivity index (χ0v) is 9.23. The molecule has 0 spiro atoms. The molecule has 2 saturated heterocycles. The lowest BCUT2D eigenvalue weighted by atomic mass is 10.0. The van der Waals surface area contributed by atoms with Crippen LogP contribution in [0.15, 0.2) is 24.3 Å². The van der Waals surface area contributed by atoms with Gasteiger partial charge in [-0.1, -0.05) is 12.1 Å². The monoisotopic (exact) mass is 236 g/mol. The molecule has 2 heterocycles. The van der Waals surface area contributed by atoms with Crippen LogP contribution in [0.5, 0.6) is 0 Å². The van der Waals surface area contributed by atoms with E-state index in [0.717, 1.165) is 13.0 Å². The minimum Gasteiger partial charge on any atom is -0.442 e. The first-order chi connectivity index (χ1) is 8.27. The number of hydrogen-bond donors (Lipinski definition) is 1. The number of ether oxygens (including phenoxy) is 1. The number of anilines is 1. The Morgan fingerprint density at radius 1 is 1.41 bits per heavy atom. The van der Waals surface area contributed by atoms with Crippen LogP contribution in [0.25, 0.3) is 0 Å². The molecule has 0 saturated carbocycles. The SMILES string of the molecule is O=C1OC2CNCCC2N1c1ccccc1F. The minimum absolute atomic E-state index is 0.0550. The summed E-state index contributed by atoms with van der Waals surface area (Å²) in [4.78, 5) is 13.2. The summed E-state index contributed by atoms with van der Waals surface area (Å²) in [6.45, 7) is 1.46. The predicted octanol–water partition coefficient (Wildman–Crippen LogP) is 1.51. The van der Waals surface area contributed by atoms with Gasteiger partial charge in [0, 0.05) is 6.54 Å². The molecular weight excluding hydrogens is 223 g/mol. The van der Waals surface area contributed by atoms with E-state index in [1.165, 1.54) is 11.0 Å². The fourth-order valence-electron chi connectivity index (χ4n) is 2.48. The first-order valence-electron chi connectivity index (χ1n) is 5.72. The van der Waals surface area contributed by atoms with E-state index in [4.69, 9.17) is 4.74 Å². The van der Waals surface area contributed by atoms with Crippen LogP contribution >= 0.6 is 0 Å². The molecule has 4 nitrogen and oxygen atoms in total. The summed E-state index contributed by atoms with van der Waals surface area (Å²) < 4.78 is 19.0. The molecule has 1 aromatic rings. The molecule has 0 bridgehead atoms. The third-order valence-corrected chi connectivity index (χ3v) is 3.28. The molecule has 17 heavy (non-hydrogen) atoms. The highest BCUT2D eigenvalue weighted by atomic mass is 19.1. The largest absolute Gasteiger partial charge is 0.442 e. The van der Waals surface area contributed by atoms with E-state index in [0.29, 0.717) is 12.2 Å². The van der Waals surface area contributed by atoms with Gasteiger partial charge >= 0.3 is 6.09 Å². The molecule has 1 aromatic carbocycles. The first kappa shape index (κ1) is 10.5. The van der Waals surface area contributed by atoms with E-state index in [1.54, 1.807) is 18.2 Å². The van der Waals surface area contributed by atoms with Crippen molar-refractivity contribution in [3.8, 4) is 0 Å². The van der Waals surface area contributed by atoms with E-state index in [9.17, 15) is 9.18 Å². The van der Waals surface area contributed by atoms with Gasteiger partial charge in [-0.25, -0.2) is 9.18 Å². The molecule has 0 aliphatic carbocycles. The summed E-state index contributed by atoms with van der Waals surface area (Å²) in [5.74, 6) is -0.386. The average molecular weight is 236 g/mol. The molecule has 3 rings (SSSR count). The van der Waals surface area contributed by atoms with Crippen LogP contribution in [0.3, 0.4) is 0 Å². The molecule has 2 fully saturated rings. The summed E-state index contributed by atoms with van der Waals surface area (Å²) in [6.07, 6.45) is 0.162. The molecular formula is C12H13FN2O2. The number of para-hydroxylation sites is 1. The summed E-state index contributed by atoms with van der Waals surface area (Å²) in [7, 11) is 0. The van der Waals surface area contributed by atoms with Gasteiger partial charge in [0.25, 0.3) is 0 Å². The number of hydrogen-bond acceptors (Lipinski definition) is 3. The summed E-state index contributed by atoms with van der Waals surface area (Å²) in [5.41, 5.74) is 0.312. The lowest BCUT2D eigenvalue weighted by Crippen LogP contribution is -2.47. The van der Waals surface area contributed by atoms with Crippen LogP contribution in [0.1, 0.15) is 6.42 Å². The predicted molar refractivity (Wildman–Crippen MR) is 60.4 cm³/mol. The van der Waals surface area contributed by atoms with Gasteiger partial charge in [0.1, 0.15) is 11.9 Å². The highest BCUT2D eigenvalue weighted by Crippen LogP contribution is 2.31. The quantitative estimate of drug-likeness (QED) is 0.803. The summed E-state index contributed by atoms with van der Waals surface area (Å²) >= 11 is 0. The molecule has 2 atom stereocenters. The van der Waals surface area contributed by atoms with Crippen molar-refractivity contribution in [3.05, 3.63) is 30.1 Å². The van der Waals surface area contributed by atoms with Crippen LogP contribution in [0.2, 0.25) is 0 Å². The Balaban J connectivity index is 1.96. The van der Waals surface area contributed by atoms with Gasteiger partial charge in [0.15, 0.2) is 0 Å². The Kier molecular flexibility index (Phi) is 2.48. The van der Waals surface area contributed by atoms with Crippen molar-refractivity contribution in [3.63, 3.8) is 0 Å². The molecule has 1 amide bonds. The lowest BCUT2D eigenvalue weighted by molar-refractivity contribution is 0.121. The first-order valence-corrected chi connectivity index (χ1v) is 5.72. The van der Waals surface area contributed by atoms with Crippen molar-refractivity contribution in [2.45, 2.75) is 18.6 Å². The molecule has 2 aliphatic heterocycles. The Labute approximate surface area is 98.4 Å². The van der Waals surface area contributed by atoms with E-state index in [1.807, 2.05) is 0 Å². The van der Waals surface area contributed by atoms with Crippen molar-refractivity contribution in [1.82, 2.24) is 5.32 Å². The number of nitrogens with one attached hydrogen (secondary N) is 1. The van der Waals surface area contributed by atoms with Crippen LogP contribution in [-0.4, -0.2) is 31.3 Å². The van der Waals surface area contributed by atoms with Crippen molar-refractivity contribution >= 4 is 11.8 Å². The zero-order valence-electron chi connectivity index (χ0n) is 9.23. The van der Waals surface area contributed by atoms with Crippen LogP contribution in [0, 0.1) is 5.82 Å². The topological polar surface area (TPSA) is 41.6 Å². The second-order valence-corrected chi connectivity index (χ2v) is 4.30. The minimum atomic E-state index is -0.450. The van der Waals surface area contributed by atoms with Crippen molar-refractivity contribution < 1.29 is 13.9 Å². The van der Waals surface area contributed by atoms with Gasteiger partial charge in [-0.3, -0.25) is 4.90 Å².